The van der Waals surface area contributed by atoms with Gasteiger partial charge in [-0.15, -0.1) is 0 Å². The van der Waals surface area contributed by atoms with Crippen molar-refractivity contribution in [2.75, 3.05) is 25.9 Å². The van der Waals surface area contributed by atoms with Crippen molar-refractivity contribution in [3.63, 3.8) is 0 Å². The molecule has 100 valence electrons. The monoisotopic (exact) mass is 266 g/mol. The highest BCUT2D eigenvalue weighted by molar-refractivity contribution is 7.88. The number of nitrogens with one attached hydrogen (secondary N) is 1. The molecule has 0 rings (SSSR count). The van der Waals surface area contributed by atoms with Crippen LogP contribution in [0.3, 0.4) is 0 Å². The van der Waals surface area contributed by atoms with Gasteiger partial charge in [0, 0.05) is 26.6 Å². The van der Waals surface area contributed by atoms with Gasteiger partial charge in [0.05, 0.1) is 12.7 Å². The number of sulfonamides is 1. The van der Waals surface area contributed by atoms with E-state index in [0.717, 1.165) is 10.6 Å². The maximum absolute atomic E-state index is 11.3. The van der Waals surface area contributed by atoms with Crippen LogP contribution in [-0.4, -0.2) is 55.6 Å². The normalized spacial score (nSPS) is 11.5. The van der Waals surface area contributed by atoms with Gasteiger partial charge in [-0.3, -0.25) is 9.59 Å². The molecule has 0 aromatic carbocycles. The number of carbonyl (C=O) groups is 2. The molecule has 0 aliphatic rings. The molecule has 0 aliphatic carbocycles. The molecule has 17 heavy (non-hydrogen) atoms. The van der Waals surface area contributed by atoms with Crippen LogP contribution in [0.2, 0.25) is 0 Å². The minimum absolute atomic E-state index is 0.0474. The summed E-state index contributed by atoms with van der Waals surface area (Å²) in [5.41, 5.74) is 0. The van der Waals surface area contributed by atoms with Crippen LogP contribution in [0.4, 0.5) is 0 Å². The minimum Gasteiger partial charge on any atom is -0.481 e. The van der Waals surface area contributed by atoms with Gasteiger partial charge in [0.15, 0.2) is 0 Å². The van der Waals surface area contributed by atoms with Crippen LogP contribution in [0.15, 0.2) is 0 Å². The fourth-order valence-corrected chi connectivity index (χ4v) is 2.07. The quantitative estimate of drug-likeness (QED) is 0.562. The summed E-state index contributed by atoms with van der Waals surface area (Å²) in [4.78, 5) is 21.0. The van der Waals surface area contributed by atoms with Gasteiger partial charge in [-0.1, -0.05) is 0 Å². The zero-order chi connectivity index (χ0) is 13.5. The molecule has 0 unspecified atom stereocenters. The highest BCUT2D eigenvalue weighted by Crippen LogP contribution is 2.01. The van der Waals surface area contributed by atoms with Gasteiger partial charge >= 0.3 is 5.97 Å². The van der Waals surface area contributed by atoms with Crippen molar-refractivity contribution >= 4 is 21.9 Å². The third kappa shape index (κ3) is 8.64. The Kier molecular flexibility index (Phi) is 6.74. The molecule has 0 atom stereocenters. The number of aliphatic carboxylic acids is 1. The zero-order valence-corrected chi connectivity index (χ0v) is 10.8. The molecule has 0 heterocycles. The Balaban J connectivity index is 4.13. The number of hydrogen-bond donors (Lipinski definition) is 2. The standard InChI is InChI=1S/C9H18N2O5S/c1-8(12)10-5-3-6-11(17(2,15)16)7-4-9(13)14/h3-7H2,1-2H3,(H,10,12)(H,13,14). The Morgan fingerprint density at radius 1 is 1.29 bits per heavy atom. The van der Waals surface area contributed by atoms with E-state index in [2.05, 4.69) is 5.32 Å². The van der Waals surface area contributed by atoms with E-state index in [-0.39, 0.29) is 25.4 Å². The van der Waals surface area contributed by atoms with Crippen molar-refractivity contribution in [2.24, 2.45) is 0 Å². The maximum Gasteiger partial charge on any atom is 0.304 e. The summed E-state index contributed by atoms with van der Waals surface area (Å²) >= 11 is 0. The third-order valence-electron chi connectivity index (χ3n) is 2.00. The third-order valence-corrected chi connectivity index (χ3v) is 3.31. The van der Waals surface area contributed by atoms with Gasteiger partial charge in [0.1, 0.15) is 0 Å². The Bertz CT molecular complexity index is 366. The molecule has 0 bridgehead atoms. The number of carbonyl (C=O) groups excluding carboxylic acids is 1. The Morgan fingerprint density at radius 3 is 2.29 bits per heavy atom. The lowest BCUT2D eigenvalue weighted by atomic mass is 10.4. The molecule has 1 amide bonds. The van der Waals surface area contributed by atoms with E-state index in [1.54, 1.807) is 0 Å². The molecule has 0 saturated heterocycles. The number of rotatable bonds is 8. The van der Waals surface area contributed by atoms with Crippen molar-refractivity contribution < 1.29 is 23.1 Å². The number of carboxylic acid groups (broad SMARTS) is 1. The van der Waals surface area contributed by atoms with E-state index in [1.165, 1.54) is 6.92 Å². The van der Waals surface area contributed by atoms with Crippen molar-refractivity contribution in [1.82, 2.24) is 9.62 Å². The van der Waals surface area contributed by atoms with Crippen LogP contribution in [0.1, 0.15) is 19.8 Å². The molecule has 0 fully saturated rings. The molecule has 0 aliphatic heterocycles. The summed E-state index contributed by atoms with van der Waals surface area (Å²) in [6.07, 6.45) is 1.26. The molecule has 2 N–H and O–H groups in total. The second-order valence-corrected chi connectivity index (χ2v) is 5.62. The molecule has 0 radical (unpaired) electrons. The summed E-state index contributed by atoms with van der Waals surface area (Å²) in [6, 6.07) is 0. The fourth-order valence-electron chi connectivity index (χ4n) is 1.18. The molecule has 0 spiro atoms. The minimum atomic E-state index is -3.40. The van der Waals surface area contributed by atoms with Gasteiger partial charge < -0.3 is 10.4 Å². The zero-order valence-electron chi connectivity index (χ0n) is 9.97. The number of nitrogens with zero attached hydrogens (tertiary/aromatic N) is 1. The predicted octanol–water partition coefficient (Wildman–Crippen LogP) is -0.751. The highest BCUT2D eigenvalue weighted by Gasteiger charge is 2.16. The second kappa shape index (κ2) is 7.23. The number of carboxylic acids is 1. The van der Waals surface area contributed by atoms with E-state index >= 15 is 0 Å². The largest absolute Gasteiger partial charge is 0.481 e. The van der Waals surface area contributed by atoms with E-state index in [4.69, 9.17) is 5.11 Å². The Hall–Kier alpha value is -1.15. The molecule has 7 nitrogen and oxygen atoms in total. The second-order valence-electron chi connectivity index (χ2n) is 3.64. The predicted molar refractivity (Wildman–Crippen MR) is 62.0 cm³/mol. The van der Waals surface area contributed by atoms with Crippen molar-refractivity contribution in [2.45, 2.75) is 19.8 Å². The van der Waals surface area contributed by atoms with Crippen LogP contribution in [0.5, 0.6) is 0 Å². The maximum atomic E-state index is 11.3. The van der Waals surface area contributed by atoms with Gasteiger partial charge in [-0.25, -0.2) is 12.7 Å². The number of amides is 1. The van der Waals surface area contributed by atoms with Crippen LogP contribution in [0.25, 0.3) is 0 Å². The molecular weight excluding hydrogens is 248 g/mol. The topological polar surface area (TPSA) is 104 Å². The van der Waals surface area contributed by atoms with Crippen LogP contribution in [0, 0.1) is 0 Å². The van der Waals surface area contributed by atoms with Gasteiger partial charge in [-0.05, 0) is 6.42 Å². The van der Waals surface area contributed by atoms with E-state index in [1.807, 2.05) is 0 Å². The van der Waals surface area contributed by atoms with E-state index in [9.17, 15) is 18.0 Å². The van der Waals surface area contributed by atoms with Crippen LogP contribution < -0.4 is 5.32 Å². The first kappa shape index (κ1) is 15.9. The first-order chi connectivity index (χ1) is 7.73. The molecule has 0 saturated carbocycles. The summed E-state index contributed by atoms with van der Waals surface area (Å²) in [5.74, 6) is -1.22. The summed E-state index contributed by atoms with van der Waals surface area (Å²) in [5, 5.41) is 11.0. The lowest BCUT2D eigenvalue weighted by Crippen LogP contribution is -2.34. The van der Waals surface area contributed by atoms with Gasteiger partial charge in [0.2, 0.25) is 15.9 Å². The van der Waals surface area contributed by atoms with Crippen molar-refractivity contribution in [3.8, 4) is 0 Å². The van der Waals surface area contributed by atoms with E-state index < -0.39 is 16.0 Å². The Morgan fingerprint density at radius 2 is 1.88 bits per heavy atom. The van der Waals surface area contributed by atoms with Crippen LogP contribution in [-0.2, 0) is 19.6 Å². The average Bonchev–Trinajstić information content (AvgIpc) is 2.13. The smallest absolute Gasteiger partial charge is 0.304 e. The highest BCUT2D eigenvalue weighted by atomic mass is 32.2. The lowest BCUT2D eigenvalue weighted by molar-refractivity contribution is -0.137. The van der Waals surface area contributed by atoms with Crippen molar-refractivity contribution in [3.05, 3.63) is 0 Å². The first-order valence-electron chi connectivity index (χ1n) is 5.15. The lowest BCUT2D eigenvalue weighted by Gasteiger charge is -2.18. The molecule has 8 heteroatoms. The molecule has 0 aromatic heterocycles. The van der Waals surface area contributed by atoms with E-state index in [0.29, 0.717) is 13.0 Å². The number of hydrogen-bond acceptors (Lipinski definition) is 4. The SMILES string of the molecule is CC(=O)NCCCN(CCC(=O)O)S(C)(=O)=O. The summed E-state index contributed by atoms with van der Waals surface area (Å²) in [7, 11) is -3.40. The fraction of sp³-hybridized carbons (Fsp3) is 0.778. The summed E-state index contributed by atoms with van der Waals surface area (Å²) < 4.78 is 23.7. The van der Waals surface area contributed by atoms with Crippen LogP contribution >= 0.6 is 0 Å². The molecule has 0 aromatic rings. The molecular formula is C9H18N2O5S. The van der Waals surface area contributed by atoms with Crippen molar-refractivity contribution in [1.29, 1.82) is 0 Å². The van der Waals surface area contributed by atoms with Gasteiger partial charge in [-0.2, -0.15) is 0 Å². The van der Waals surface area contributed by atoms with Gasteiger partial charge in [0.25, 0.3) is 0 Å². The summed E-state index contributed by atoms with van der Waals surface area (Å²) in [6.45, 7) is 1.90. The average molecular weight is 266 g/mol. The first-order valence-corrected chi connectivity index (χ1v) is 6.99. The Labute approximate surface area is 101 Å².